The third kappa shape index (κ3) is 5.49. The number of aromatic nitrogens is 1. The fourth-order valence-corrected chi connectivity index (χ4v) is 4.14. The number of rotatable bonds is 9. The minimum Gasteiger partial charge on any atom is -0.335 e. The molecule has 0 unspecified atom stereocenters. The van der Waals surface area contributed by atoms with Gasteiger partial charge in [-0.2, -0.15) is 0 Å². The molecule has 3 rings (SSSR count). The molecular weight excluding hydrogens is 385 g/mol. The maximum absolute atomic E-state index is 13.7. The molecule has 0 spiro atoms. The molecule has 1 amide bonds. The van der Waals surface area contributed by atoms with E-state index in [1.807, 2.05) is 35.7 Å². The Kier molecular flexibility index (Phi) is 7.49. The summed E-state index contributed by atoms with van der Waals surface area (Å²) < 4.78 is 13.7. The van der Waals surface area contributed by atoms with Crippen LogP contribution in [0.25, 0.3) is 11.3 Å². The van der Waals surface area contributed by atoms with Crippen molar-refractivity contribution in [1.29, 1.82) is 0 Å². The molecule has 0 aliphatic carbocycles. The van der Waals surface area contributed by atoms with Gasteiger partial charge in [-0.15, -0.1) is 11.3 Å². The predicted octanol–water partition coefficient (Wildman–Crippen LogP) is 3.91. The summed E-state index contributed by atoms with van der Waals surface area (Å²) in [6.45, 7) is 7.99. The molecule has 1 N–H and O–H groups in total. The summed E-state index contributed by atoms with van der Waals surface area (Å²) in [6, 6.07) is 15.8. The van der Waals surface area contributed by atoms with Gasteiger partial charge in [0.2, 0.25) is 0 Å². The van der Waals surface area contributed by atoms with E-state index < -0.39 is 5.82 Å². The summed E-state index contributed by atoms with van der Waals surface area (Å²) in [7, 11) is 0. The van der Waals surface area contributed by atoms with Gasteiger partial charge < -0.3 is 4.90 Å². The average molecular weight is 413 g/mol. The number of hydrogen-bond donors (Lipinski definition) is 1. The first kappa shape index (κ1) is 21.1. The summed E-state index contributed by atoms with van der Waals surface area (Å²) in [5.41, 5.74) is 2.20. The maximum Gasteiger partial charge on any atom is 0.260 e. The van der Waals surface area contributed by atoms with Crippen molar-refractivity contribution in [3.63, 3.8) is 0 Å². The zero-order valence-electron chi connectivity index (χ0n) is 16.9. The Hall–Kier alpha value is -2.57. The van der Waals surface area contributed by atoms with Crippen molar-refractivity contribution in [3.8, 4) is 11.3 Å². The van der Waals surface area contributed by atoms with Gasteiger partial charge in [-0.3, -0.25) is 9.69 Å². The lowest BCUT2D eigenvalue weighted by Crippen LogP contribution is -3.11. The Morgan fingerprint density at radius 1 is 1.10 bits per heavy atom. The molecular formula is C23H27FN3OS+. The van der Waals surface area contributed by atoms with Crippen molar-refractivity contribution in [3.05, 3.63) is 71.4 Å². The highest BCUT2D eigenvalue weighted by Crippen LogP contribution is 2.28. The zero-order valence-corrected chi connectivity index (χ0v) is 17.7. The van der Waals surface area contributed by atoms with E-state index in [2.05, 4.69) is 13.8 Å². The van der Waals surface area contributed by atoms with E-state index in [1.165, 1.54) is 28.4 Å². The molecule has 1 heterocycles. The number of quaternary nitrogens is 1. The quantitative estimate of drug-likeness (QED) is 0.579. The summed E-state index contributed by atoms with van der Waals surface area (Å²) in [5, 5.41) is 2.61. The Bertz CT molecular complexity index is 925. The topological polar surface area (TPSA) is 37.6 Å². The smallest absolute Gasteiger partial charge is 0.260 e. The second kappa shape index (κ2) is 10.3. The normalized spacial score (nSPS) is 11.0. The highest BCUT2D eigenvalue weighted by Gasteiger charge is 2.22. The summed E-state index contributed by atoms with van der Waals surface area (Å²) >= 11 is 1.44. The van der Waals surface area contributed by atoms with Crippen LogP contribution in [0.15, 0.2) is 60.0 Å². The third-order valence-electron chi connectivity index (χ3n) is 5.02. The molecule has 0 saturated carbocycles. The van der Waals surface area contributed by atoms with Crippen LogP contribution in [-0.2, 0) is 0 Å². The molecule has 0 aliphatic heterocycles. The van der Waals surface area contributed by atoms with Crippen molar-refractivity contribution >= 4 is 22.4 Å². The molecule has 0 bridgehead atoms. The van der Waals surface area contributed by atoms with E-state index in [0.717, 1.165) is 37.3 Å². The number of carbonyl (C=O) groups is 1. The molecule has 0 saturated heterocycles. The number of anilines is 1. The molecule has 2 aromatic carbocycles. The first-order chi connectivity index (χ1) is 14.1. The monoisotopic (exact) mass is 412 g/mol. The van der Waals surface area contributed by atoms with E-state index in [9.17, 15) is 9.18 Å². The second-order valence-corrected chi connectivity index (χ2v) is 7.75. The Morgan fingerprint density at radius 3 is 2.55 bits per heavy atom. The molecule has 3 aromatic rings. The van der Waals surface area contributed by atoms with Crippen molar-refractivity contribution in [2.24, 2.45) is 0 Å². The molecule has 0 atom stereocenters. The fraction of sp³-hybridized carbons (Fsp3) is 0.304. The van der Waals surface area contributed by atoms with Gasteiger partial charge in [-0.05, 0) is 32.0 Å². The molecule has 152 valence electrons. The maximum atomic E-state index is 13.7. The molecule has 1 aromatic heterocycles. The first-order valence-corrected chi connectivity index (χ1v) is 10.9. The Morgan fingerprint density at radius 2 is 1.86 bits per heavy atom. The second-order valence-electron chi connectivity index (χ2n) is 6.91. The van der Waals surface area contributed by atoms with E-state index in [4.69, 9.17) is 4.98 Å². The van der Waals surface area contributed by atoms with Gasteiger partial charge in [0.15, 0.2) is 5.13 Å². The van der Waals surface area contributed by atoms with Crippen molar-refractivity contribution in [2.45, 2.75) is 20.3 Å². The number of halogens is 1. The summed E-state index contributed by atoms with van der Waals surface area (Å²) in [6.07, 6.45) is 0.859. The molecule has 6 heteroatoms. The van der Waals surface area contributed by atoms with Crippen LogP contribution in [-0.4, -0.2) is 37.1 Å². The third-order valence-corrected chi connectivity index (χ3v) is 5.88. The lowest BCUT2D eigenvalue weighted by atomic mass is 10.2. The van der Waals surface area contributed by atoms with Gasteiger partial charge in [0.1, 0.15) is 5.82 Å². The Balaban J connectivity index is 1.84. The van der Waals surface area contributed by atoms with E-state index in [1.54, 1.807) is 17.0 Å². The fourth-order valence-electron chi connectivity index (χ4n) is 3.28. The van der Waals surface area contributed by atoms with Gasteiger partial charge >= 0.3 is 0 Å². The van der Waals surface area contributed by atoms with Crippen LogP contribution in [0.4, 0.5) is 9.52 Å². The van der Waals surface area contributed by atoms with Gasteiger partial charge in [0.25, 0.3) is 5.91 Å². The van der Waals surface area contributed by atoms with E-state index in [0.29, 0.717) is 17.2 Å². The van der Waals surface area contributed by atoms with Crippen molar-refractivity contribution in [2.75, 3.05) is 31.1 Å². The standard InChI is InChI=1S/C23H26FN3OS/c1-3-26(4-2)14-9-15-27(22(28)19-12-8-13-20(24)16-19)23-25-21(17-29-23)18-10-6-5-7-11-18/h5-8,10-13,16-17H,3-4,9,14-15H2,1-2H3/p+1. The minimum atomic E-state index is -0.410. The highest BCUT2D eigenvalue weighted by molar-refractivity contribution is 7.14. The Labute approximate surface area is 175 Å². The molecule has 0 radical (unpaired) electrons. The molecule has 29 heavy (non-hydrogen) atoms. The van der Waals surface area contributed by atoms with Crippen LogP contribution in [0.3, 0.4) is 0 Å². The number of carbonyl (C=O) groups excluding carboxylic acids is 1. The summed E-state index contributed by atoms with van der Waals surface area (Å²) in [5.74, 6) is -0.625. The van der Waals surface area contributed by atoms with Crippen molar-refractivity contribution < 1.29 is 14.1 Å². The number of thiazole rings is 1. The number of benzene rings is 2. The van der Waals surface area contributed by atoms with Crippen LogP contribution in [0.5, 0.6) is 0 Å². The van der Waals surface area contributed by atoms with Gasteiger partial charge in [0.05, 0.1) is 25.3 Å². The molecule has 0 fully saturated rings. The van der Waals surface area contributed by atoms with Gasteiger partial charge in [0, 0.05) is 29.5 Å². The van der Waals surface area contributed by atoms with Crippen LogP contribution in [0.1, 0.15) is 30.6 Å². The first-order valence-electron chi connectivity index (χ1n) is 10.0. The largest absolute Gasteiger partial charge is 0.335 e. The lowest BCUT2D eigenvalue weighted by Gasteiger charge is -2.22. The average Bonchev–Trinajstić information content (AvgIpc) is 3.24. The number of amides is 1. The van der Waals surface area contributed by atoms with Gasteiger partial charge in [-0.1, -0.05) is 36.4 Å². The zero-order chi connectivity index (χ0) is 20.6. The minimum absolute atomic E-state index is 0.215. The number of nitrogens with one attached hydrogen (secondary N) is 1. The van der Waals surface area contributed by atoms with Crippen LogP contribution < -0.4 is 9.80 Å². The van der Waals surface area contributed by atoms with E-state index >= 15 is 0 Å². The predicted molar refractivity (Wildman–Crippen MR) is 117 cm³/mol. The van der Waals surface area contributed by atoms with E-state index in [-0.39, 0.29) is 5.91 Å². The molecule has 0 aliphatic rings. The van der Waals surface area contributed by atoms with Crippen LogP contribution in [0, 0.1) is 5.82 Å². The summed E-state index contributed by atoms with van der Waals surface area (Å²) in [4.78, 5) is 21.1. The van der Waals surface area contributed by atoms with Crippen LogP contribution in [0.2, 0.25) is 0 Å². The van der Waals surface area contributed by atoms with Crippen molar-refractivity contribution in [1.82, 2.24) is 4.98 Å². The highest BCUT2D eigenvalue weighted by atomic mass is 32.1. The number of hydrogen-bond acceptors (Lipinski definition) is 3. The SMILES string of the molecule is CC[NH+](CC)CCCN(C(=O)c1cccc(F)c1)c1nc(-c2ccccc2)cs1. The van der Waals surface area contributed by atoms with Gasteiger partial charge in [-0.25, -0.2) is 9.37 Å². The number of nitrogens with zero attached hydrogens (tertiary/aromatic N) is 2. The van der Waals surface area contributed by atoms with Crippen LogP contribution >= 0.6 is 11.3 Å². The lowest BCUT2D eigenvalue weighted by molar-refractivity contribution is -0.896. The molecule has 4 nitrogen and oxygen atoms in total.